The lowest BCUT2D eigenvalue weighted by atomic mass is 10.8. The number of aliphatic hydroxyl groups excluding tert-OH is 1. The number of ether oxygens (including phenoxy) is 1. The van der Waals surface area contributed by atoms with Crippen LogP contribution in [0, 0.1) is 0 Å². The van der Waals surface area contributed by atoms with Crippen molar-refractivity contribution in [3.05, 3.63) is 0 Å². The van der Waals surface area contributed by atoms with Crippen LogP contribution in [0.15, 0.2) is 0 Å². The van der Waals surface area contributed by atoms with Crippen molar-refractivity contribution < 1.29 is 30.0 Å². The highest BCUT2D eigenvalue weighted by atomic mass is 35.6. The molecule has 0 aliphatic rings. The second-order valence-electron chi connectivity index (χ2n) is 1.59. The fourth-order valence-electron chi connectivity index (χ4n) is 0.203. The predicted octanol–water partition coefficient (Wildman–Crippen LogP) is 1.43. The number of carbonyl (C=O) groups is 2. The number of alkyl halides is 3. The van der Waals surface area contributed by atoms with Crippen molar-refractivity contribution in [2.45, 2.75) is 25.1 Å². The van der Waals surface area contributed by atoms with Crippen molar-refractivity contribution in [2.24, 2.45) is 0 Å². The highest BCUT2D eigenvalue weighted by Gasteiger charge is 1.81. The van der Waals surface area contributed by atoms with Gasteiger partial charge in [0.05, 0.1) is 6.61 Å². The molecule has 0 radical (unpaired) electrons. The van der Waals surface area contributed by atoms with E-state index in [4.69, 9.17) is 49.8 Å². The van der Waals surface area contributed by atoms with Crippen LogP contribution in [0.3, 0.4) is 0 Å². The van der Waals surface area contributed by atoms with Crippen molar-refractivity contribution in [1.82, 2.24) is 0 Å². The zero-order chi connectivity index (χ0) is 14.0. The van der Waals surface area contributed by atoms with Gasteiger partial charge in [-0.1, -0.05) is 34.8 Å². The molecule has 0 rings (SSSR count). The Morgan fingerprint density at radius 2 is 1.53 bits per heavy atom. The summed E-state index contributed by atoms with van der Waals surface area (Å²) in [7, 11) is 0. The maximum absolute atomic E-state index is 9.82. The standard InChI is InChI=1S/C4H8O2.C2H6O.CHCl3.CH2O2.H2O/c1-3-6-4(2)5;1-2-3;2-1(3)4;2-1-3;/h3H2,1-2H3;3H,2H2,1H3;1H;1H,(H,2,3);1H2. The summed E-state index contributed by atoms with van der Waals surface area (Å²) in [4.78, 5) is 18.2. The molecule has 108 valence electrons. The number of rotatable bonds is 1. The summed E-state index contributed by atoms with van der Waals surface area (Å²) in [6.07, 6.45) is 0. The highest BCUT2D eigenvalue weighted by molar-refractivity contribution is 6.63. The zero-order valence-electron chi connectivity index (χ0n) is 9.82. The highest BCUT2D eigenvalue weighted by Crippen LogP contribution is 2.03. The van der Waals surface area contributed by atoms with Gasteiger partial charge in [-0.25, -0.2) is 0 Å². The van der Waals surface area contributed by atoms with Crippen molar-refractivity contribution in [3.63, 3.8) is 0 Å². The molecule has 0 saturated heterocycles. The van der Waals surface area contributed by atoms with Crippen molar-refractivity contribution >= 4 is 47.2 Å². The van der Waals surface area contributed by atoms with Gasteiger partial charge in [0, 0.05) is 13.5 Å². The van der Waals surface area contributed by atoms with Crippen LogP contribution in [0.5, 0.6) is 0 Å². The van der Waals surface area contributed by atoms with Crippen LogP contribution in [0.25, 0.3) is 0 Å². The molecule has 0 atom stereocenters. The molecule has 0 aliphatic carbocycles. The second kappa shape index (κ2) is 36.1. The van der Waals surface area contributed by atoms with Crippen molar-refractivity contribution in [2.75, 3.05) is 13.2 Å². The predicted molar refractivity (Wildman–Crippen MR) is 68.7 cm³/mol. The van der Waals surface area contributed by atoms with E-state index in [0.717, 1.165) is 0 Å². The lowest BCUT2D eigenvalue weighted by Gasteiger charge is -1.89. The summed E-state index contributed by atoms with van der Waals surface area (Å²) in [6.45, 7) is 5.33. The van der Waals surface area contributed by atoms with Gasteiger partial charge in [-0.05, 0) is 13.8 Å². The Morgan fingerprint density at radius 3 is 1.53 bits per heavy atom. The van der Waals surface area contributed by atoms with Crippen molar-refractivity contribution in [1.29, 1.82) is 0 Å². The molecule has 0 aromatic heterocycles. The van der Waals surface area contributed by atoms with E-state index in [1.165, 1.54) is 6.92 Å². The number of hydrogen-bond acceptors (Lipinski definition) is 4. The Bertz CT molecular complexity index is 132. The Kier molecular flexibility index (Phi) is 63.8. The smallest absolute Gasteiger partial charge is 0.302 e. The lowest BCUT2D eigenvalue weighted by molar-refractivity contribution is -0.140. The van der Waals surface area contributed by atoms with Gasteiger partial charge in [-0.15, -0.1) is 0 Å². The Hall–Kier alpha value is -0.270. The number of esters is 1. The maximum Gasteiger partial charge on any atom is 0.302 e. The first-order chi connectivity index (χ1) is 7.33. The van der Waals surface area contributed by atoms with Gasteiger partial charge in [0.1, 0.15) is 0 Å². The van der Waals surface area contributed by atoms with E-state index in [1.807, 2.05) is 0 Å². The molecular formula is C8H19Cl3O6. The summed E-state index contributed by atoms with van der Waals surface area (Å²) in [5.74, 6) is -0.211. The number of carboxylic acid groups (broad SMARTS) is 1. The van der Waals surface area contributed by atoms with Gasteiger partial charge < -0.3 is 20.4 Å². The van der Waals surface area contributed by atoms with Crippen LogP contribution in [0.1, 0.15) is 20.8 Å². The Labute approximate surface area is 116 Å². The number of aliphatic hydroxyl groups is 1. The molecule has 0 aromatic carbocycles. The van der Waals surface area contributed by atoms with E-state index < -0.39 is 4.30 Å². The Morgan fingerprint density at radius 1 is 1.35 bits per heavy atom. The van der Waals surface area contributed by atoms with E-state index in [0.29, 0.717) is 6.61 Å². The van der Waals surface area contributed by atoms with Gasteiger partial charge in [-0.2, -0.15) is 0 Å². The monoisotopic (exact) mass is 316 g/mol. The molecule has 0 saturated carbocycles. The molecular weight excluding hydrogens is 298 g/mol. The van der Waals surface area contributed by atoms with E-state index in [9.17, 15) is 4.79 Å². The van der Waals surface area contributed by atoms with Crippen LogP contribution < -0.4 is 0 Å². The van der Waals surface area contributed by atoms with Gasteiger partial charge in [0.2, 0.25) is 0 Å². The molecule has 9 heteroatoms. The molecule has 0 amide bonds. The Balaban J connectivity index is -0.0000000388. The number of carbonyl (C=O) groups excluding carboxylic acids is 1. The number of hydrogen-bond donors (Lipinski definition) is 2. The third kappa shape index (κ3) is 398. The summed E-state index contributed by atoms with van der Waals surface area (Å²) < 4.78 is 3.65. The molecule has 0 aromatic rings. The molecule has 0 bridgehead atoms. The van der Waals surface area contributed by atoms with E-state index in [-0.39, 0.29) is 24.5 Å². The van der Waals surface area contributed by atoms with Gasteiger partial charge >= 0.3 is 5.97 Å². The third-order valence-corrected chi connectivity index (χ3v) is 0.348. The minimum absolute atomic E-state index is 0. The average molecular weight is 318 g/mol. The first kappa shape index (κ1) is 30.1. The molecule has 0 aliphatic heterocycles. The van der Waals surface area contributed by atoms with Crippen LogP contribution in [0.2, 0.25) is 0 Å². The van der Waals surface area contributed by atoms with Gasteiger partial charge in [-0.3, -0.25) is 9.59 Å². The molecule has 0 fully saturated rings. The van der Waals surface area contributed by atoms with Crippen LogP contribution >= 0.6 is 34.8 Å². The average Bonchev–Trinajstić information content (AvgIpc) is 2.04. The fraction of sp³-hybridized carbons (Fsp3) is 0.750. The van der Waals surface area contributed by atoms with Gasteiger partial charge in [0.15, 0.2) is 4.30 Å². The van der Waals surface area contributed by atoms with Crippen LogP contribution in [-0.2, 0) is 14.3 Å². The topological polar surface area (TPSA) is 115 Å². The van der Waals surface area contributed by atoms with E-state index >= 15 is 0 Å². The molecule has 4 N–H and O–H groups in total. The second-order valence-corrected chi connectivity index (χ2v) is 3.57. The molecule has 0 heterocycles. The summed E-state index contributed by atoms with van der Waals surface area (Å²) in [5, 5.41) is 14.5. The number of halogens is 3. The normalized spacial score (nSPS) is 6.59. The van der Waals surface area contributed by atoms with E-state index in [2.05, 4.69) is 4.74 Å². The maximum atomic E-state index is 9.82. The summed E-state index contributed by atoms with van der Waals surface area (Å²) >= 11 is 14.4. The lowest BCUT2D eigenvalue weighted by Crippen LogP contribution is -1.95. The third-order valence-electron chi connectivity index (χ3n) is 0.348. The largest absolute Gasteiger partial charge is 0.483 e. The zero-order valence-corrected chi connectivity index (χ0v) is 12.1. The first-order valence-corrected chi connectivity index (χ1v) is 5.39. The quantitative estimate of drug-likeness (QED) is 0.431. The first-order valence-electron chi connectivity index (χ1n) is 4.08. The molecule has 6 nitrogen and oxygen atoms in total. The minimum Gasteiger partial charge on any atom is -0.483 e. The summed E-state index contributed by atoms with van der Waals surface area (Å²) in [5.41, 5.74) is 0. The minimum atomic E-state index is -0.750. The molecule has 0 spiro atoms. The van der Waals surface area contributed by atoms with Crippen molar-refractivity contribution in [3.8, 4) is 0 Å². The molecule has 0 unspecified atom stereocenters. The van der Waals surface area contributed by atoms with Crippen LogP contribution in [0.4, 0.5) is 0 Å². The van der Waals surface area contributed by atoms with Crippen LogP contribution in [-0.4, -0.2) is 45.6 Å². The summed E-state index contributed by atoms with van der Waals surface area (Å²) in [6, 6.07) is 0. The SMILES string of the molecule is CCO.CCOC(C)=O.ClC(Cl)Cl.O.O=CO. The van der Waals surface area contributed by atoms with Gasteiger partial charge in [0.25, 0.3) is 6.47 Å². The fourth-order valence-corrected chi connectivity index (χ4v) is 0.203. The van der Waals surface area contributed by atoms with E-state index in [1.54, 1.807) is 13.8 Å². The molecule has 17 heavy (non-hydrogen) atoms.